The van der Waals surface area contributed by atoms with Gasteiger partial charge in [0.25, 0.3) is 0 Å². The van der Waals surface area contributed by atoms with Crippen LogP contribution in [0.5, 0.6) is 17.2 Å². The summed E-state index contributed by atoms with van der Waals surface area (Å²) in [5.41, 5.74) is 3.14. The van der Waals surface area contributed by atoms with Gasteiger partial charge < -0.3 is 15.3 Å². The molecule has 2 aromatic carbocycles. The molecule has 0 fully saturated rings. The molecule has 0 aliphatic carbocycles. The summed E-state index contributed by atoms with van der Waals surface area (Å²) >= 11 is 0. The van der Waals surface area contributed by atoms with Gasteiger partial charge in [-0.1, -0.05) is 12.1 Å². The Morgan fingerprint density at radius 3 is 2.17 bits per heavy atom. The Morgan fingerprint density at radius 2 is 1.56 bits per heavy atom. The molecule has 2 aromatic rings. The Hall–Kier alpha value is -2.16. The number of benzene rings is 2. The molecule has 3 nitrogen and oxygen atoms in total. The van der Waals surface area contributed by atoms with Crippen molar-refractivity contribution in [1.82, 2.24) is 0 Å². The highest BCUT2D eigenvalue weighted by Gasteiger charge is 2.12. The van der Waals surface area contributed by atoms with Gasteiger partial charge in [0.2, 0.25) is 0 Å². The monoisotopic (exact) mass is 244 g/mol. The highest BCUT2D eigenvalue weighted by Crippen LogP contribution is 2.34. The summed E-state index contributed by atoms with van der Waals surface area (Å²) in [4.78, 5) is 0. The standard InChI is InChI=1S/C15H16O3/c1-9-7-14(17)10(2)15(18)13(9)8-11-3-5-12(16)6-4-11/h3-7,16-18H,8H2,1-2H3. The molecular weight excluding hydrogens is 228 g/mol. The molecule has 0 radical (unpaired) electrons. The molecule has 0 unspecified atom stereocenters. The quantitative estimate of drug-likeness (QED) is 0.761. The van der Waals surface area contributed by atoms with Crippen LogP contribution in [0.15, 0.2) is 30.3 Å². The second-order valence-corrected chi connectivity index (χ2v) is 4.51. The molecule has 0 aliphatic heterocycles. The molecule has 0 bridgehead atoms. The van der Waals surface area contributed by atoms with Crippen LogP contribution in [-0.4, -0.2) is 15.3 Å². The summed E-state index contributed by atoms with van der Waals surface area (Å²) in [7, 11) is 0. The number of hydrogen-bond donors (Lipinski definition) is 3. The van der Waals surface area contributed by atoms with E-state index in [1.807, 2.05) is 19.1 Å². The lowest BCUT2D eigenvalue weighted by atomic mass is 9.96. The van der Waals surface area contributed by atoms with E-state index in [2.05, 4.69) is 0 Å². The van der Waals surface area contributed by atoms with Gasteiger partial charge in [0.1, 0.15) is 17.2 Å². The molecule has 0 aliphatic rings. The topological polar surface area (TPSA) is 60.7 Å². The molecule has 0 heterocycles. The van der Waals surface area contributed by atoms with Crippen molar-refractivity contribution >= 4 is 0 Å². The molecule has 94 valence electrons. The molecule has 0 spiro atoms. The molecule has 0 saturated carbocycles. The highest BCUT2D eigenvalue weighted by molar-refractivity contribution is 5.53. The zero-order valence-electron chi connectivity index (χ0n) is 10.4. The smallest absolute Gasteiger partial charge is 0.125 e. The van der Waals surface area contributed by atoms with Crippen molar-refractivity contribution in [3.05, 3.63) is 52.6 Å². The van der Waals surface area contributed by atoms with Gasteiger partial charge in [0.15, 0.2) is 0 Å². The van der Waals surface area contributed by atoms with Crippen molar-refractivity contribution in [2.45, 2.75) is 20.3 Å². The largest absolute Gasteiger partial charge is 0.508 e. The van der Waals surface area contributed by atoms with Crippen LogP contribution in [0.2, 0.25) is 0 Å². The van der Waals surface area contributed by atoms with Crippen LogP contribution >= 0.6 is 0 Å². The third-order valence-electron chi connectivity index (χ3n) is 3.17. The maximum atomic E-state index is 10.1. The fourth-order valence-electron chi connectivity index (χ4n) is 1.98. The second-order valence-electron chi connectivity index (χ2n) is 4.51. The van der Waals surface area contributed by atoms with Gasteiger partial charge in [-0.05, 0) is 43.2 Å². The second kappa shape index (κ2) is 4.61. The van der Waals surface area contributed by atoms with Crippen LogP contribution in [0.4, 0.5) is 0 Å². The van der Waals surface area contributed by atoms with Crippen LogP contribution in [0.25, 0.3) is 0 Å². The van der Waals surface area contributed by atoms with E-state index < -0.39 is 0 Å². The zero-order chi connectivity index (χ0) is 13.3. The number of rotatable bonds is 2. The lowest BCUT2D eigenvalue weighted by molar-refractivity contribution is 0.438. The Kier molecular flexibility index (Phi) is 3.15. The number of phenolic OH excluding ortho intramolecular Hbond substituents is 3. The molecular formula is C15H16O3. The minimum atomic E-state index is 0.111. The minimum absolute atomic E-state index is 0.111. The van der Waals surface area contributed by atoms with E-state index in [0.717, 1.165) is 16.7 Å². The summed E-state index contributed by atoms with van der Waals surface area (Å²) in [5, 5.41) is 28.9. The first-order chi connectivity index (χ1) is 8.49. The average molecular weight is 244 g/mol. The molecule has 0 amide bonds. The molecule has 2 rings (SSSR count). The average Bonchev–Trinajstić information content (AvgIpc) is 2.34. The fourth-order valence-corrected chi connectivity index (χ4v) is 1.98. The van der Waals surface area contributed by atoms with E-state index in [1.165, 1.54) is 0 Å². The van der Waals surface area contributed by atoms with Gasteiger partial charge in [-0.2, -0.15) is 0 Å². The fraction of sp³-hybridized carbons (Fsp3) is 0.200. The van der Waals surface area contributed by atoms with E-state index in [0.29, 0.717) is 12.0 Å². The third kappa shape index (κ3) is 2.25. The first-order valence-corrected chi connectivity index (χ1v) is 5.78. The number of phenols is 3. The lowest BCUT2D eigenvalue weighted by Gasteiger charge is -2.12. The maximum absolute atomic E-state index is 10.1. The van der Waals surface area contributed by atoms with Gasteiger partial charge in [-0.15, -0.1) is 0 Å². The molecule has 0 saturated heterocycles. The first kappa shape index (κ1) is 12.3. The van der Waals surface area contributed by atoms with E-state index in [4.69, 9.17) is 0 Å². The van der Waals surface area contributed by atoms with Crippen molar-refractivity contribution in [2.75, 3.05) is 0 Å². The van der Waals surface area contributed by atoms with Crippen molar-refractivity contribution < 1.29 is 15.3 Å². The van der Waals surface area contributed by atoms with Gasteiger partial charge in [0, 0.05) is 17.5 Å². The summed E-state index contributed by atoms with van der Waals surface area (Å²) in [6.45, 7) is 3.54. The van der Waals surface area contributed by atoms with E-state index >= 15 is 0 Å². The third-order valence-corrected chi connectivity index (χ3v) is 3.17. The molecule has 0 aromatic heterocycles. The van der Waals surface area contributed by atoms with Gasteiger partial charge in [-0.25, -0.2) is 0 Å². The Bertz CT molecular complexity index is 571. The maximum Gasteiger partial charge on any atom is 0.125 e. The van der Waals surface area contributed by atoms with Crippen LogP contribution in [0.3, 0.4) is 0 Å². The molecule has 0 atom stereocenters. The van der Waals surface area contributed by atoms with Gasteiger partial charge in [0.05, 0.1) is 0 Å². The summed E-state index contributed by atoms with van der Waals surface area (Å²) in [6.07, 6.45) is 0.569. The van der Waals surface area contributed by atoms with E-state index in [1.54, 1.807) is 25.1 Å². The predicted octanol–water partition coefficient (Wildman–Crippen LogP) is 3.01. The number of aryl methyl sites for hydroxylation is 1. The van der Waals surface area contributed by atoms with Crippen LogP contribution in [0, 0.1) is 13.8 Å². The van der Waals surface area contributed by atoms with E-state index in [-0.39, 0.29) is 17.2 Å². The van der Waals surface area contributed by atoms with Crippen molar-refractivity contribution in [3.8, 4) is 17.2 Å². The molecule has 3 heteroatoms. The van der Waals surface area contributed by atoms with Crippen LogP contribution in [-0.2, 0) is 6.42 Å². The zero-order valence-corrected chi connectivity index (χ0v) is 10.4. The highest BCUT2D eigenvalue weighted by atomic mass is 16.3. The van der Waals surface area contributed by atoms with E-state index in [9.17, 15) is 15.3 Å². The SMILES string of the molecule is Cc1cc(O)c(C)c(O)c1Cc1ccc(O)cc1. The minimum Gasteiger partial charge on any atom is -0.508 e. The molecule has 18 heavy (non-hydrogen) atoms. The van der Waals surface area contributed by atoms with Gasteiger partial charge in [-0.3, -0.25) is 0 Å². The van der Waals surface area contributed by atoms with Crippen molar-refractivity contribution in [2.24, 2.45) is 0 Å². The summed E-state index contributed by atoms with van der Waals surface area (Å²) in [6, 6.07) is 8.53. The Balaban J connectivity index is 2.40. The summed E-state index contributed by atoms with van der Waals surface area (Å²) in [5.74, 6) is 0.474. The van der Waals surface area contributed by atoms with Crippen LogP contribution in [0.1, 0.15) is 22.3 Å². The predicted molar refractivity (Wildman–Crippen MR) is 70.2 cm³/mol. The first-order valence-electron chi connectivity index (χ1n) is 5.78. The van der Waals surface area contributed by atoms with Gasteiger partial charge >= 0.3 is 0 Å². The number of hydrogen-bond acceptors (Lipinski definition) is 3. The normalized spacial score (nSPS) is 10.6. The molecule has 3 N–H and O–H groups in total. The van der Waals surface area contributed by atoms with Crippen molar-refractivity contribution in [1.29, 1.82) is 0 Å². The van der Waals surface area contributed by atoms with Crippen molar-refractivity contribution in [3.63, 3.8) is 0 Å². The van der Waals surface area contributed by atoms with Crippen LogP contribution < -0.4 is 0 Å². The lowest BCUT2D eigenvalue weighted by Crippen LogP contribution is -1.95. The summed E-state index contributed by atoms with van der Waals surface area (Å²) < 4.78 is 0. The number of aromatic hydroxyl groups is 3. The Labute approximate surface area is 106 Å². The Morgan fingerprint density at radius 1 is 0.944 bits per heavy atom.